The van der Waals surface area contributed by atoms with Gasteiger partial charge >= 0.3 is 0 Å². The average Bonchev–Trinajstić information content (AvgIpc) is 2.79. The van der Waals surface area contributed by atoms with E-state index < -0.39 is 11.1 Å². The molecule has 1 N–H and O–H groups in total. The number of nitrogens with zero attached hydrogens (tertiary/aromatic N) is 1. The molecule has 0 aliphatic carbocycles. The molecule has 6 heteroatoms. The number of benzene rings is 2. The van der Waals surface area contributed by atoms with Gasteiger partial charge in [0.25, 0.3) is 0 Å². The normalized spacial score (nSPS) is 15.0. The lowest BCUT2D eigenvalue weighted by Gasteiger charge is -2.39. The zero-order valence-electron chi connectivity index (χ0n) is 19.1. The lowest BCUT2D eigenvalue weighted by molar-refractivity contribution is -0.00430. The number of ketones is 2. The smallest absolute Gasteiger partial charge is 0.193 e. The van der Waals surface area contributed by atoms with Crippen molar-refractivity contribution in [2.45, 2.75) is 43.7 Å². The van der Waals surface area contributed by atoms with E-state index in [1.165, 1.54) is 18.7 Å². The summed E-state index contributed by atoms with van der Waals surface area (Å²) in [6.07, 6.45) is 2.04. The van der Waals surface area contributed by atoms with Crippen LogP contribution in [-0.2, 0) is 4.74 Å². The summed E-state index contributed by atoms with van der Waals surface area (Å²) in [7, 11) is 0. The second kappa shape index (κ2) is 11.0. The van der Waals surface area contributed by atoms with E-state index in [4.69, 9.17) is 4.74 Å². The molecule has 1 heterocycles. The summed E-state index contributed by atoms with van der Waals surface area (Å²) in [6, 6.07) is 16.6. The third-order valence-corrected chi connectivity index (χ3v) is 6.04. The van der Waals surface area contributed by atoms with Crippen molar-refractivity contribution in [1.82, 2.24) is 4.90 Å². The van der Waals surface area contributed by atoms with Crippen molar-refractivity contribution in [3.8, 4) is 0 Å². The van der Waals surface area contributed by atoms with Gasteiger partial charge in [0, 0.05) is 29.1 Å². The molecule has 0 unspecified atom stereocenters. The van der Waals surface area contributed by atoms with Crippen molar-refractivity contribution in [2.24, 2.45) is 0 Å². The lowest BCUT2D eigenvalue weighted by atomic mass is 9.91. The van der Waals surface area contributed by atoms with E-state index in [1.807, 2.05) is 50.4 Å². The molecular weight excluding hydrogens is 410 g/mol. The molecule has 0 atom stereocenters. The van der Waals surface area contributed by atoms with Crippen molar-refractivity contribution in [3.63, 3.8) is 0 Å². The largest absolute Gasteiger partial charge is 0.382 e. The third kappa shape index (κ3) is 7.01. The van der Waals surface area contributed by atoms with Gasteiger partial charge in [-0.25, -0.2) is 0 Å². The molecular formula is C25H33NO4S. The first kappa shape index (κ1) is 25.3. The highest BCUT2D eigenvalue weighted by molar-refractivity contribution is 7.98. The Balaban J connectivity index is 0.000000245. The minimum absolute atomic E-state index is 0.182. The Bertz CT molecular complexity index is 851. The minimum Gasteiger partial charge on any atom is -0.382 e. The van der Waals surface area contributed by atoms with Gasteiger partial charge in [-0.1, -0.05) is 42.5 Å². The molecule has 3 rings (SSSR count). The molecule has 31 heavy (non-hydrogen) atoms. The van der Waals surface area contributed by atoms with Gasteiger partial charge in [0.1, 0.15) is 5.60 Å². The summed E-state index contributed by atoms with van der Waals surface area (Å²) >= 11 is 1.69. The van der Waals surface area contributed by atoms with Crippen LogP contribution in [0.1, 0.15) is 48.4 Å². The van der Waals surface area contributed by atoms with Gasteiger partial charge in [-0.15, -0.1) is 11.8 Å². The van der Waals surface area contributed by atoms with E-state index in [9.17, 15) is 14.7 Å². The SMILES string of the molecule is CC(C)(O)C(=O)c1ccccc1.CSc1ccc(C(=O)C(C)(C)N2CCOCC2)cc1. The zero-order valence-corrected chi connectivity index (χ0v) is 19.9. The number of aliphatic hydroxyl groups is 1. The van der Waals surface area contributed by atoms with Gasteiger partial charge in [-0.2, -0.15) is 0 Å². The Kier molecular flexibility index (Phi) is 9.01. The highest BCUT2D eigenvalue weighted by Crippen LogP contribution is 2.23. The maximum atomic E-state index is 12.7. The fourth-order valence-electron chi connectivity index (χ4n) is 3.30. The van der Waals surface area contributed by atoms with Crippen molar-refractivity contribution >= 4 is 23.3 Å². The fourth-order valence-corrected chi connectivity index (χ4v) is 3.71. The predicted molar refractivity (Wildman–Crippen MR) is 126 cm³/mol. The summed E-state index contributed by atoms with van der Waals surface area (Å²) in [5.41, 5.74) is -0.411. The minimum atomic E-state index is -1.28. The van der Waals surface area contributed by atoms with Crippen LogP contribution in [0.3, 0.4) is 0 Å². The quantitative estimate of drug-likeness (QED) is 0.529. The number of morpholine rings is 1. The van der Waals surface area contributed by atoms with E-state index in [0.717, 1.165) is 18.7 Å². The molecule has 0 bridgehead atoms. The Hall–Kier alpha value is -1.99. The standard InChI is InChI=1S/C15H21NO2S.C10H12O2/c1-15(2,16-8-10-18-11-9-16)14(17)12-4-6-13(19-3)7-5-12;1-10(2,12)9(11)8-6-4-3-5-7-8/h4-7H,8-11H2,1-3H3;3-7,12H,1-2H3. The Morgan fingerprint density at radius 2 is 1.39 bits per heavy atom. The van der Waals surface area contributed by atoms with Crippen molar-refractivity contribution in [2.75, 3.05) is 32.6 Å². The summed E-state index contributed by atoms with van der Waals surface area (Å²) in [5, 5.41) is 9.39. The fraction of sp³-hybridized carbons (Fsp3) is 0.440. The summed E-state index contributed by atoms with van der Waals surface area (Å²) in [4.78, 5) is 27.5. The van der Waals surface area contributed by atoms with Crippen LogP contribution >= 0.6 is 11.8 Å². The molecule has 1 fully saturated rings. The summed E-state index contributed by atoms with van der Waals surface area (Å²) in [5.74, 6) is -0.0647. The van der Waals surface area contributed by atoms with E-state index >= 15 is 0 Å². The molecule has 2 aromatic rings. The maximum Gasteiger partial charge on any atom is 0.193 e. The number of rotatable bonds is 6. The Labute approximate surface area is 189 Å². The van der Waals surface area contributed by atoms with E-state index in [2.05, 4.69) is 4.90 Å². The highest BCUT2D eigenvalue weighted by Gasteiger charge is 2.35. The number of carbonyl (C=O) groups is 2. The first-order valence-corrected chi connectivity index (χ1v) is 11.6. The van der Waals surface area contributed by atoms with Crippen molar-refractivity contribution in [1.29, 1.82) is 0 Å². The molecule has 0 amide bonds. The third-order valence-electron chi connectivity index (χ3n) is 5.30. The maximum absolute atomic E-state index is 12.7. The number of carbonyl (C=O) groups excluding carboxylic acids is 2. The summed E-state index contributed by atoms with van der Waals surface area (Å²) in [6.45, 7) is 10.0. The van der Waals surface area contributed by atoms with Gasteiger partial charge in [0.2, 0.25) is 0 Å². The van der Waals surface area contributed by atoms with Crippen LogP contribution in [0.4, 0.5) is 0 Å². The molecule has 0 saturated carbocycles. The van der Waals surface area contributed by atoms with Crippen molar-refractivity contribution < 1.29 is 19.4 Å². The molecule has 0 aromatic heterocycles. The van der Waals surface area contributed by atoms with Crippen LogP contribution in [0.2, 0.25) is 0 Å². The van der Waals surface area contributed by atoms with Gasteiger partial charge in [0.15, 0.2) is 11.6 Å². The van der Waals surface area contributed by atoms with Crippen LogP contribution < -0.4 is 0 Å². The average molecular weight is 444 g/mol. The lowest BCUT2D eigenvalue weighted by Crippen LogP contribution is -2.54. The van der Waals surface area contributed by atoms with Gasteiger partial charge < -0.3 is 9.84 Å². The molecule has 1 aliphatic rings. The number of hydrogen-bond acceptors (Lipinski definition) is 6. The molecule has 0 radical (unpaired) electrons. The Morgan fingerprint density at radius 3 is 1.87 bits per heavy atom. The number of Topliss-reactive ketones (excluding diaryl/α,β-unsaturated/α-hetero) is 2. The molecule has 1 aliphatic heterocycles. The van der Waals surface area contributed by atoms with E-state index in [0.29, 0.717) is 18.8 Å². The molecule has 168 valence electrons. The molecule has 0 spiro atoms. The second-order valence-corrected chi connectivity index (χ2v) is 9.35. The number of thioether (sulfide) groups is 1. The van der Waals surface area contributed by atoms with Gasteiger partial charge in [-0.05, 0) is 46.1 Å². The first-order valence-electron chi connectivity index (χ1n) is 10.4. The van der Waals surface area contributed by atoms with Gasteiger partial charge in [-0.3, -0.25) is 14.5 Å². The number of hydrogen-bond donors (Lipinski definition) is 1. The van der Waals surface area contributed by atoms with Crippen LogP contribution in [0.25, 0.3) is 0 Å². The predicted octanol–water partition coefficient (Wildman–Crippen LogP) is 4.34. The van der Waals surface area contributed by atoms with Crippen LogP contribution in [0.5, 0.6) is 0 Å². The van der Waals surface area contributed by atoms with Gasteiger partial charge in [0.05, 0.1) is 18.8 Å². The van der Waals surface area contributed by atoms with E-state index in [1.54, 1.807) is 36.0 Å². The summed E-state index contributed by atoms with van der Waals surface area (Å²) < 4.78 is 5.35. The topological polar surface area (TPSA) is 66.8 Å². The molecule has 5 nitrogen and oxygen atoms in total. The zero-order chi connectivity index (χ0) is 23.1. The van der Waals surface area contributed by atoms with E-state index in [-0.39, 0.29) is 11.6 Å². The van der Waals surface area contributed by atoms with Crippen LogP contribution in [0.15, 0.2) is 59.5 Å². The Morgan fingerprint density at radius 1 is 0.871 bits per heavy atom. The van der Waals surface area contributed by atoms with Crippen molar-refractivity contribution in [3.05, 3.63) is 65.7 Å². The first-order chi connectivity index (χ1) is 14.6. The van der Waals surface area contributed by atoms with Crippen LogP contribution in [0, 0.1) is 0 Å². The van der Waals surface area contributed by atoms with Crippen LogP contribution in [-0.4, -0.2) is 65.3 Å². The molecule has 2 aromatic carbocycles. The monoisotopic (exact) mass is 443 g/mol. The highest BCUT2D eigenvalue weighted by atomic mass is 32.2. The second-order valence-electron chi connectivity index (χ2n) is 8.47. The number of ether oxygens (including phenoxy) is 1. The molecule has 1 saturated heterocycles.